The maximum Gasteiger partial charge on any atom is 0.275 e. The van der Waals surface area contributed by atoms with E-state index in [1.165, 1.54) is 12.3 Å². The van der Waals surface area contributed by atoms with Gasteiger partial charge >= 0.3 is 0 Å². The van der Waals surface area contributed by atoms with E-state index in [4.69, 9.17) is 4.74 Å². The van der Waals surface area contributed by atoms with Crippen LogP contribution < -0.4 is 5.56 Å². The van der Waals surface area contributed by atoms with Gasteiger partial charge in [0, 0.05) is 18.8 Å². The fourth-order valence-corrected chi connectivity index (χ4v) is 2.43. The minimum Gasteiger partial charge on any atom is -0.377 e. The van der Waals surface area contributed by atoms with E-state index in [2.05, 4.69) is 20.2 Å². The highest BCUT2D eigenvalue weighted by Gasteiger charge is 2.31. The van der Waals surface area contributed by atoms with Crippen LogP contribution in [0.1, 0.15) is 28.0 Å². The number of H-pyrrole nitrogens is 1. The minimum absolute atomic E-state index is 0.249. The van der Waals surface area contributed by atoms with Crippen LogP contribution in [0.15, 0.2) is 29.2 Å². The van der Waals surface area contributed by atoms with Crippen molar-refractivity contribution >= 4 is 5.91 Å². The summed E-state index contributed by atoms with van der Waals surface area (Å²) >= 11 is 0. The molecule has 0 saturated carbocycles. The third-order valence-electron chi connectivity index (χ3n) is 3.40. The molecule has 0 bridgehead atoms. The van der Waals surface area contributed by atoms with Gasteiger partial charge in [-0.2, -0.15) is 5.10 Å². The molecule has 8 nitrogen and oxygen atoms in total. The molecular formula is C14H15N5O3. The van der Waals surface area contributed by atoms with Gasteiger partial charge in [0.2, 0.25) is 0 Å². The van der Waals surface area contributed by atoms with E-state index < -0.39 is 6.04 Å². The summed E-state index contributed by atoms with van der Waals surface area (Å²) in [5.41, 5.74) is 0.522. The SMILES string of the molecule is Cc1nc([C@@H]2COCCN2C(=O)c2cccnn2)cc(=O)[nH]1. The van der Waals surface area contributed by atoms with Crippen LogP contribution in [-0.4, -0.2) is 50.7 Å². The first-order valence-electron chi connectivity index (χ1n) is 6.89. The molecule has 0 radical (unpaired) electrons. The lowest BCUT2D eigenvalue weighted by molar-refractivity contribution is -0.00438. The van der Waals surface area contributed by atoms with Gasteiger partial charge in [-0.25, -0.2) is 4.98 Å². The Labute approximate surface area is 126 Å². The molecule has 22 heavy (non-hydrogen) atoms. The highest BCUT2D eigenvalue weighted by atomic mass is 16.5. The Morgan fingerprint density at radius 2 is 2.36 bits per heavy atom. The van der Waals surface area contributed by atoms with Gasteiger partial charge in [0.15, 0.2) is 5.69 Å². The number of nitrogens with one attached hydrogen (secondary N) is 1. The van der Waals surface area contributed by atoms with Crippen molar-refractivity contribution in [3.63, 3.8) is 0 Å². The molecular weight excluding hydrogens is 286 g/mol. The average molecular weight is 301 g/mol. The van der Waals surface area contributed by atoms with Crippen LogP contribution in [0.5, 0.6) is 0 Å². The normalized spacial score (nSPS) is 18.2. The maximum absolute atomic E-state index is 12.6. The Bertz CT molecular complexity index is 731. The van der Waals surface area contributed by atoms with Gasteiger partial charge in [-0.05, 0) is 19.1 Å². The first-order chi connectivity index (χ1) is 10.6. The minimum atomic E-state index is -0.413. The third kappa shape index (κ3) is 2.86. The van der Waals surface area contributed by atoms with Crippen LogP contribution in [0, 0.1) is 6.92 Å². The second-order valence-corrected chi connectivity index (χ2v) is 4.95. The van der Waals surface area contributed by atoms with Crippen molar-refractivity contribution in [2.75, 3.05) is 19.8 Å². The quantitative estimate of drug-likeness (QED) is 0.843. The molecule has 114 valence electrons. The number of carbonyl (C=O) groups is 1. The molecule has 1 N–H and O–H groups in total. The second kappa shape index (κ2) is 6.02. The fraction of sp³-hybridized carbons (Fsp3) is 0.357. The summed E-state index contributed by atoms with van der Waals surface area (Å²) in [5, 5.41) is 7.57. The lowest BCUT2D eigenvalue weighted by Gasteiger charge is -2.34. The van der Waals surface area contributed by atoms with E-state index in [0.717, 1.165) is 0 Å². The van der Waals surface area contributed by atoms with Crippen molar-refractivity contribution in [1.29, 1.82) is 0 Å². The molecule has 1 aliphatic rings. The van der Waals surface area contributed by atoms with Gasteiger partial charge in [-0.3, -0.25) is 9.59 Å². The van der Waals surface area contributed by atoms with Crippen molar-refractivity contribution in [2.24, 2.45) is 0 Å². The van der Waals surface area contributed by atoms with Crippen molar-refractivity contribution in [1.82, 2.24) is 25.1 Å². The zero-order valence-electron chi connectivity index (χ0n) is 12.0. The third-order valence-corrected chi connectivity index (χ3v) is 3.40. The Morgan fingerprint density at radius 3 is 3.09 bits per heavy atom. The molecule has 0 aliphatic carbocycles. The standard InChI is InChI=1S/C14H15N5O3/c1-9-16-11(7-13(20)17-9)12-8-22-6-5-19(12)14(21)10-3-2-4-15-18-10/h2-4,7,12H,5-6,8H2,1H3,(H,16,17,20)/t12-/m0/s1. The van der Waals surface area contributed by atoms with E-state index in [9.17, 15) is 9.59 Å². The Morgan fingerprint density at radius 1 is 1.50 bits per heavy atom. The predicted molar refractivity (Wildman–Crippen MR) is 76.2 cm³/mol. The van der Waals surface area contributed by atoms with E-state index in [0.29, 0.717) is 31.3 Å². The van der Waals surface area contributed by atoms with Crippen LogP contribution >= 0.6 is 0 Å². The van der Waals surface area contributed by atoms with E-state index in [1.54, 1.807) is 24.0 Å². The van der Waals surface area contributed by atoms with Crippen molar-refractivity contribution < 1.29 is 9.53 Å². The van der Waals surface area contributed by atoms with Gasteiger partial charge in [-0.1, -0.05) is 0 Å². The van der Waals surface area contributed by atoms with E-state index >= 15 is 0 Å². The second-order valence-electron chi connectivity index (χ2n) is 4.95. The number of nitrogens with zero attached hydrogens (tertiary/aromatic N) is 4. The summed E-state index contributed by atoms with van der Waals surface area (Å²) in [6, 6.07) is 4.25. The molecule has 0 aromatic carbocycles. The molecule has 3 rings (SSSR count). The molecule has 1 atom stereocenters. The molecule has 1 amide bonds. The van der Waals surface area contributed by atoms with Gasteiger partial charge < -0.3 is 14.6 Å². The lowest BCUT2D eigenvalue weighted by Crippen LogP contribution is -2.44. The lowest BCUT2D eigenvalue weighted by atomic mass is 10.1. The highest BCUT2D eigenvalue weighted by Crippen LogP contribution is 2.23. The molecule has 8 heteroatoms. The number of hydrogen-bond acceptors (Lipinski definition) is 6. The Hall–Kier alpha value is -2.61. The number of rotatable bonds is 2. The molecule has 1 fully saturated rings. The van der Waals surface area contributed by atoms with E-state index in [1.807, 2.05) is 0 Å². The van der Waals surface area contributed by atoms with Crippen LogP contribution in [0.4, 0.5) is 0 Å². The van der Waals surface area contributed by atoms with E-state index in [-0.39, 0.29) is 17.2 Å². The summed E-state index contributed by atoms with van der Waals surface area (Å²) in [7, 11) is 0. The number of aromatic amines is 1. The first kappa shape index (κ1) is 14.3. The predicted octanol–water partition coefficient (Wildman–Crippen LogP) is 0.0820. The maximum atomic E-state index is 12.6. The van der Waals surface area contributed by atoms with Crippen molar-refractivity contribution in [3.05, 3.63) is 52.0 Å². The first-order valence-corrected chi connectivity index (χ1v) is 6.89. The molecule has 3 heterocycles. The zero-order chi connectivity index (χ0) is 15.5. The zero-order valence-corrected chi connectivity index (χ0v) is 12.0. The summed E-state index contributed by atoms with van der Waals surface area (Å²) in [4.78, 5) is 32.8. The molecule has 0 spiro atoms. The number of hydrogen-bond donors (Lipinski definition) is 1. The Balaban J connectivity index is 1.94. The van der Waals surface area contributed by atoms with Crippen LogP contribution in [0.3, 0.4) is 0 Å². The molecule has 0 unspecified atom stereocenters. The highest BCUT2D eigenvalue weighted by molar-refractivity contribution is 5.92. The van der Waals surface area contributed by atoms with Crippen LogP contribution in [0.25, 0.3) is 0 Å². The van der Waals surface area contributed by atoms with Crippen LogP contribution in [-0.2, 0) is 4.74 Å². The number of carbonyl (C=O) groups excluding carboxylic acids is 1. The van der Waals surface area contributed by atoms with Gasteiger partial charge in [0.1, 0.15) is 5.82 Å². The number of aryl methyl sites for hydroxylation is 1. The topological polar surface area (TPSA) is 101 Å². The van der Waals surface area contributed by atoms with Crippen molar-refractivity contribution in [2.45, 2.75) is 13.0 Å². The van der Waals surface area contributed by atoms with Gasteiger partial charge in [0.05, 0.1) is 24.9 Å². The molecule has 1 aliphatic heterocycles. The average Bonchev–Trinajstić information content (AvgIpc) is 2.54. The number of morpholine rings is 1. The summed E-state index contributed by atoms with van der Waals surface area (Å²) in [5.74, 6) is 0.251. The summed E-state index contributed by atoms with van der Waals surface area (Å²) in [6.45, 7) is 2.84. The largest absolute Gasteiger partial charge is 0.377 e. The van der Waals surface area contributed by atoms with Gasteiger partial charge in [-0.15, -0.1) is 5.10 Å². The summed E-state index contributed by atoms with van der Waals surface area (Å²) in [6.07, 6.45) is 1.51. The van der Waals surface area contributed by atoms with Crippen LogP contribution in [0.2, 0.25) is 0 Å². The Kier molecular flexibility index (Phi) is 3.92. The molecule has 2 aromatic heterocycles. The van der Waals surface area contributed by atoms with Gasteiger partial charge in [0.25, 0.3) is 11.5 Å². The van der Waals surface area contributed by atoms with Crippen molar-refractivity contribution in [3.8, 4) is 0 Å². The number of aromatic nitrogens is 4. The number of amides is 1. The smallest absolute Gasteiger partial charge is 0.275 e. The fourth-order valence-electron chi connectivity index (χ4n) is 2.43. The molecule has 1 saturated heterocycles. The monoisotopic (exact) mass is 301 g/mol. The molecule has 2 aromatic rings. The summed E-state index contributed by atoms with van der Waals surface area (Å²) < 4.78 is 5.45. The number of ether oxygens (including phenoxy) is 1.